The maximum Gasteiger partial charge on any atom is 0.308 e. The highest BCUT2D eigenvalue weighted by atomic mass is 19.3. The van der Waals surface area contributed by atoms with Crippen LogP contribution in [-0.4, -0.2) is 35.1 Å². The number of nitrogens with zero attached hydrogens (tertiary/aromatic N) is 1. The van der Waals surface area contributed by atoms with Crippen LogP contribution in [-0.2, 0) is 0 Å². The van der Waals surface area contributed by atoms with Gasteiger partial charge in [0.15, 0.2) is 5.67 Å². The molecule has 0 aromatic heterocycles. The summed E-state index contributed by atoms with van der Waals surface area (Å²) in [5.41, 5.74) is -3.15. The van der Waals surface area contributed by atoms with E-state index in [0.717, 1.165) is 0 Å². The number of halogens is 5. The number of alkyl halides is 5. The molecular formula is C11H18F5N. The molecule has 0 aliphatic carbocycles. The maximum absolute atomic E-state index is 14.1. The zero-order chi connectivity index (χ0) is 13.6. The Morgan fingerprint density at radius 3 is 1.76 bits per heavy atom. The summed E-state index contributed by atoms with van der Waals surface area (Å²) in [5.74, 6) is -4.91. The fourth-order valence-electron chi connectivity index (χ4n) is 2.19. The first-order valence-corrected chi connectivity index (χ1v) is 5.65. The van der Waals surface area contributed by atoms with Gasteiger partial charge in [0, 0.05) is 6.04 Å². The first kappa shape index (κ1) is 14.7. The molecule has 1 saturated heterocycles. The summed E-state index contributed by atoms with van der Waals surface area (Å²) >= 11 is 0. The van der Waals surface area contributed by atoms with Gasteiger partial charge in [0.1, 0.15) is 0 Å². The molecule has 0 amide bonds. The summed E-state index contributed by atoms with van der Waals surface area (Å²) in [7, 11) is 0. The lowest BCUT2D eigenvalue weighted by Crippen LogP contribution is -2.67. The van der Waals surface area contributed by atoms with E-state index >= 15 is 0 Å². The van der Waals surface area contributed by atoms with Crippen molar-refractivity contribution in [1.82, 2.24) is 4.90 Å². The zero-order valence-corrected chi connectivity index (χ0v) is 10.4. The first-order valence-electron chi connectivity index (χ1n) is 5.65. The second kappa shape index (κ2) is 4.07. The largest absolute Gasteiger partial charge is 0.308 e. The van der Waals surface area contributed by atoms with Crippen LogP contribution in [0.25, 0.3) is 0 Å². The molecule has 1 aliphatic heterocycles. The van der Waals surface area contributed by atoms with Gasteiger partial charge in [-0.15, -0.1) is 0 Å². The van der Waals surface area contributed by atoms with Gasteiger partial charge in [0.2, 0.25) is 0 Å². The molecule has 1 rings (SSSR count). The molecule has 0 radical (unpaired) electrons. The van der Waals surface area contributed by atoms with Gasteiger partial charge in [-0.2, -0.15) is 8.78 Å². The molecule has 0 saturated carbocycles. The maximum atomic E-state index is 14.1. The molecule has 1 aliphatic rings. The quantitative estimate of drug-likeness (QED) is 0.540. The Balaban J connectivity index is 3.12. The fraction of sp³-hybridized carbons (Fsp3) is 1.00. The summed E-state index contributed by atoms with van der Waals surface area (Å²) in [6.07, 6.45) is -1.46. The van der Waals surface area contributed by atoms with Crippen LogP contribution in [0.5, 0.6) is 0 Å². The van der Waals surface area contributed by atoms with Gasteiger partial charge in [-0.25, -0.2) is 18.1 Å². The summed E-state index contributed by atoms with van der Waals surface area (Å²) in [5, 5.41) is 0. The van der Waals surface area contributed by atoms with E-state index in [9.17, 15) is 22.0 Å². The van der Waals surface area contributed by atoms with Gasteiger partial charge in [0.25, 0.3) is 5.92 Å². The van der Waals surface area contributed by atoms with E-state index in [1.165, 1.54) is 27.7 Å². The minimum atomic E-state index is -3.76. The summed E-state index contributed by atoms with van der Waals surface area (Å²) in [6.45, 7) is 3.95. The SMILES string of the molecule is CC(C)N1CC(F)(F)C(F)(C(C)C)CC1(F)F. The lowest BCUT2D eigenvalue weighted by Gasteiger charge is -2.49. The normalized spacial score (nSPS) is 33.4. The summed E-state index contributed by atoms with van der Waals surface area (Å²) < 4.78 is 68.9. The van der Waals surface area contributed by atoms with Crippen molar-refractivity contribution in [1.29, 1.82) is 0 Å². The first-order chi connectivity index (χ1) is 7.44. The average Bonchev–Trinajstić information content (AvgIpc) is 2.10. The number of likely N-dealkylation sites (tertiary alicyclic amines) is 1. The van der Waals surface area contributed by atoms with Gasteiger partial charge in [0.05, 0.1) is 13.0 Å². The Labute approximate surface area is 98.0 Å². The molecule has 102 valence electrons. The van der Waals surface area contributed by atoms with Crippen LogP contribution in [0.3, 0.4) is 0 Å². The Morgan fingerprint density at radius 2 is 1.41 bits per heavy atom. The van der Waals surface area contributed by atoms with Crippen LogP contribution in [0, 0.1) is 5.92 Å². The fourth-order valence-corrected chi connectivity index (χ4v) is 2.19. The zero-order valence-electron chi connectivity index (χ0n) is 10.4. The van der Waals surface area contributed by atoms with Crippen molar-refractivity contribution in [2.45, 2.75) is 57.8 Å². The third-order valence-electron chi connectivity index (χ3n) is 3.41. The minimum Gasteiger partial charge on any atom is -0.237 e. The van der Waals surface area contributed by atoms with E-state index in [4.69, 9.17) is 0 Å². The molecule has 6 heteroatoms. The predicted molar refractivity (Wildman–Crippen MR) is 55.0 cm³/mol. The molecule has 1 heterocycles. The second-order valence-corrected chi connectivity index (χ2v) is 5.29. The van der Waals surface area contributed by atoms with Crippen molar-refractivity contribution in [3.8, 4) is 0 Å². The van der Waals surface area contributed by atoms with E-state index in [2.05, 4.69) is 0 Å². The lowest BCUT2D eigenvalue weighted by atomic mass is 9.79. The van der Waals surface area contributed by atoms with Crippen molar-refractivity contribution >= 4 is 0 Å². The molecule has 1 unspecified atom stereocenters. The highest BCUT2D eigenvalue weighted by molar-refractivity contribution is 5.05. The van der Waals surface area contributed by atoms with Crippen LogP contribution in [0.4, 0.5) is 22.0 Å². The number of hydrogen-bond acceptors (Lipinski definition) is 1. The van der Waals surface area contributed by atoms with E-state index in [0.29, 0.717) is 4.90 Å². The highest BCUT2D eigenvalue weighted by Crippen LogP contribution is 2.51. The molecule has 1 nitrogen and oxygen atoms in total. The molecule has 17 heavy (non-hydrogen) atoms. The molecule has 0 aromatic carbocycles. The molecule has 1 atom stereocenters. The Bertz CT molecular complexity index is 290. The van der Waals surface area contributed by atoms with E-state index in [-0.39, 0.29) is 0 Å². The minimum absolute atomic E-state index is 0.368. The van der Waals surface area contributed by atoms with E-state index < -0.39 is 42.6 Å². The van der Waals surface area contributed by atoms with Gasteiger partial charge in [-0.1, -0.05) is 13.8 Å². The smallest absolute Gasteiger partial charge is 0.237 e. The van der Waals surface area contributed by atoms with Gasteiger partial charge < -0.3 is 0 Å². The molecule has 1 fully saturated rings. The Morgan fingerprint density at radius 1 is 0.941 bits per heavy atom. The highest BCUT2D eigenvalue weighted by Gasteiger charge is 2.67. The van der Waals surface area contributed by atoms with Gasteiger partial charge in [-0.3, -0.25) is 0 Å². The van der Waals surface area contributed by atoms with Crippen molar-refractivity contribution < 1.29 is 22.0 Å². The van der Waals surface area contributed by atoms with Crippen LogP contribution in [0.15, 0.2) is 0 Å². The Kier molecular flexibility index (Phi) is 3.51. The van der Waals surface area contributed by atoms with Gasteiger partial charge in [-0.05, 0) is 19.8 Å². The number of rotatable bonds is 2. The number of hydrogen-bond donors (Lipinski definition) is 0. The average molecular weight is 259 g/mol. The molecule has 0 spiro atoms. The number of piperidine rings is 1. The molecule has 0 bridgehead atoms. The predicted octanol–water partition coefficient (Wildman–Crippen LogP) is 3.69. The topological polar surface area (TPSA) is 3.24 Å². The van der Waals surface area contributed by atoms with E-state index in [1.807, 2.05) is 0 Å². The standard InChI is InChI=1S/C11H18F5N/c1-7(2)9(12)5-11(15,16)17(8(3)4)6-10(9,13)14/h7-8H,5-6H2,1-4H3. The van der Waals surface area contributed by atoms with Gasteiger partial charge >= 0.3 is 6.05 Å². The van der Waals surface area contributed by atoms with Crippen LogP contribution >= 0.6 is 0 Å². The summed E-state index contributed by atoms with van der Waals surface area (Å²) in [4.78, 5) is 0.368. The van der Waals surface area contributed by atoms with Crippen LogP contribution < -0.4 is 0 Å². The molecule has 0 N–H and O–H groups in total. The van der Waals surface area contributed by atoms with Crippen LogP contribution in [0.1, 0.15) is 34.1 Å². The van der Waals surface area contributed by atoms with Crippen molar-refractivity contribution in [3.05, 3.63) is 0 Å². The van der Waals surface area contributed by atoms with Crippen molar-refractivity contribution in [2.24, 2.45) is 5.92 Å². The van der Waals surface area contributed by atoms with Crippen molar-refractivity contribution in [3.63, 3.8) is 0 Å². The van der Waals surface area contributed by atoms with Crippen molar-refractivity contribution in [2.75, 3.05) is 6.54 Å². The van der Waals surface area contributed by atoms with E-state index in [1.54, 1.807) is 0 Å². The molecular weight excluding hydrogens is 241 g/mol. The monoisotopic (exact) mass is 259 g/mol. The molecule has 0 aromatic rings. The third-order valence-corrected chi connectivity index (χ3v) is 3.41. The lowest BCUT2D eigenvalue weighted by molar-refractivity contribution is -0.298. The second-order valence-electron chi connectivity index (χ2n) is 5.29. The summed E-state index contributed by atoms with van der Waals surface area (Å²) in [6, 6.07) is -4.29. The van der Waals surface area contributed by atoms with Crippen LogP contribution in [0.2, 0.25) is 0 Å². The third kappa shape index (κ3) is 2.28. The Hall–Kier alpha value is -0.390.